The summed E-state index contributed by atoms with van der Waals surface area (Å²) in [5.41, 5.74) is 5.82. The number of aliphatic carboxylic acids is 1. The summed E-state index contributed by atoms with van der Waals surface area (Å²) in [6, 6.07) is -0.787. The summed E-state index contributed by atoms with van der Waals surface area (Å²) in [6.45, 7) is 3.30. The van der Waals surface area contributed by atoms with E-state index in [2.05, 4.69) is 0 Å². The molecule has 0 radical (unpaired) electrons. The molecule has 2 aliphatic rings. The van der Waals surface area contributed by atoms with Crippen molar-refractivity contribution in [2.45, 2.75) is 50.8 Å². The van der Waals surface area contributed by atoms with Gasteiger partial charge in [0.15, 0.2) is 6.23 Å². The summed E-state index contributed by atoms with van der Waals surface area (Å²) in [7, 11) is 0. The fourth-order valence-corrected chi connectivity index (χ4v) is 2.52. The fraction of sp³-hybridized carbons (Fsp3) is 0.625. The standard InChI is InChI=1S/C16H24N2O7/c1-8(2)11(17)16(23)24-7-10-12(19)13(20)14(25-10)18-5-3-4-9(6-18)15(21)22/h3,5-6,8,10-14,19-20H,4,7,17H2,1-2H3,(H,21,22)/t10-,11+,12-,13-,14-/m1/s1. The van der Waals surface area contributed by atoms with Gasteiger partial charge in [-0.1, -0.05) is 19.9 Å². The average Bonchev–Trinajstić information content (AvgIpc) is 2.87. The number of nitrogens with two attached hydrogens (primary N) is 1. The van der Waals surface area contributed by atoms with Crippen molar-refractivity contribution in [3.05, 3.63) is 24.0 Å². The highest BCUT2D eigenvalue weighted by molar-refractivity contribution is 5.87. The summed E-state index contributed by atoms with van der Waals surface area (Å²) in [4.78, 5) is 24.2. The first kappa shape index (κ1) is 19.4. The highest BCUT2D eigenvalue weighted by Crippen LogP contribution is 2.27. The largest absolute Gasteiger partial charge is 0.478 e. The molecule has 0 amide bonds. The van der Waals surface area contributed by atoms with Crippen LogP contribution in [-0.4, -0.2) is 69.3 Å². The maximum Gasteiger partial charge on any atom is 0.333 e. The van der Waals surface area contributed by atoms with Crippen LogP contribution >= 0.6 is 0 Å². The quantitative estimate of drug-likeness (QED) is 0.447. The van der Waals surface area contributed by atoms with Crippen LogP contribution < -0.4 is 5.73 Å². The van der Waals surface area contributed by atoms with Gasteiger partial charge in [0.1, 0.15) is 31.0 Å². The molecule has 0 aliphatic carbocycles. The number of hydrogen-bond donors (Lipinski definition) is 4. The van der Waals surface area contributed by atoms with Gasteiger partial charge in [0.25, 0.3) is 0 Å². The highest BCUT2D eigenvalue weighted by Gasteiger charge is 2.45. The van der Waals surface area contributed by atoms with Gasteiger partial charge in [-0.05, 0) is 5.92 Å². The van der Waals surface area contributed by atoms with Crippen LogP contribution in [0.15, 0.2) is 24.0 Å². The summed E-state index contributed by atoms with van der Waals surface area (Å²) in [6.07, 6.45) is 0.263. The third-order valence-corrected chi connectivity index (χ3v) is 4.21. The van der Waals surface area contributed by atoms with Crippen LogP contribution in [0.1, 0.15) is 20.3 Å². The number of allylic oxidation sites excluding steroid dienone is 1. The van der Waals surface area contributed by atoms with Gasteiger partial charge in [-0.2, -0.15) is 0 Å². The van der Waals surface area contributed by atoms with Crippen molar-refractivity contribution >= 4 is 11.9 Å². The molecular formula is C16H24N2O7. The smallest absolute Gasteiger partial charge is 0.333 e. The molecule has 0 bridgehead atoms. The van der Waals surface area contributed by atoms with E-state index in [-0.39, 0.29) is 24.5 Å². The third-order valence-electron chi connectivity index (χ3n) is 4.21. The molecule has 0 aromatic heterocycles. The molecule has 1 fully saturated rings. The Labute approximate surface area is 145 Å². The SMILES string of the molecule is CC(C)[C@H](N)C(=O)OC[C@H]1O[C@@H](N2C=CCC(C(=O)O)=C2)[C@H](O)[C@@H]1O. The van der Waals surface area contributed by atoms with E-state index in [1.54, 1.807) is 26.1 Å². The minimum atomic E-state index is -1.29. The van der Waals surface area contributed by atoms with Crippen molar-refractivity contribution in [1.82, 2.24) is 4.90 Å². The van der Waals surface area contributed by atoms with Gasteiger partial charge in [0.2, 0.25) is 0 Å². The Morgan fingerprint density at radius 1 is 1.40 bits per heavy atom. The Bertz CT molecular complexity index is 575. The van der Waals surface area contributed by atoms with Gasteiger partial charge in [-0.15, -0.1) is 0 Å². The first-order valence-corrected chi connectivity index (χ1v) is 8.04. The van der Waals surface area contributed by atoms with Crippen molar-refractivity contribution in [3.8, 4) is 0 Å². The van der Waals surface area contributed by atoms with Crippen molar-refractivity contribution in [1.29, 1.82) is 0 Å². The molecule has 5 atom stereocenters. The molecule has 5 N–H and O–H groups in total. The van der Waals surface area contributed by atoms with Gasteiger partial charge >= 0.3 is 11.9 Å². The molecule has 140 valence electrons. The number of rotatable bonds is 6. The van der Waals surface area contributed by atoms with Crippen molar-refractivity contribution in [2.24, 2.45) is 11.7 Å². The number of ether oxygens (including phenoxy) is 2. The molecule has 0 spiro atoms. The van der Waals surface area contributed by atoms with Crippen molar-refractivity contribution in [2.75, 3.05) is 6.61 Å². The van der Waals surface area contributed by atoms with E-state index in [0.29, 0.717) is 0 Å². The lowest BCUT2D eigenvalue weighted by Gasteiger charge is -2.28. The fourth-order valence-electron chi connectivity index (χ4n) is 2.52. The molecule has 2 aliphatic heterocycles. The van der Waals surface area contributed by atoms with Gasteiger partial charge in [-0.25, -0.2) is 4.79 Å². The summed E-state index contributed by atoms with van der Waals surface area (Å²) < 4.78 is 10.6. The Kier molecular flexibility index (Phi) is 6.17. The number of carboxylic acid groups (broad SMARTS) is 1. The number of hydrogen-bond acceptors (Lipinski definition) is 8. The second-order valence-electron chi connectivity index (χ2n) is 6.44. The average molecular weight is 356 g/mol. The highest BCUT2D eigenvalue weighted by atomic mass is 16.6. The number of carboxylic acids is 1. The number of esters is 1. The Hall–Kier alpha value is -1.94. The Balaban J connectivity index is 1.99. The normalized spacial score (nSPS) is 30.3. The van der Waals surface area contributed by atoms with Crippen LogP contribution in [0, 0.1) is 5.92 Å². The summed E-state index contributed by atoms with van der Waals surface area (Å²) >= 11 is 0. The van der Waals surface area contributed by atoms with E-state index in [9.17, 15) is 19.8 Å². The van der Waals surface area contributed by atoms with E-state index < -0.39 is 42.5 Å². The van der Waals surface area contributed by atoms with E-state index in [0.717, 1.165) is 0 Å². The topological polar surface area (TPSA) is 143 Å². The van der Waals surface area contributed by atoms with Crippen LogP contribution in [-0.2, 0) is 19.1 Å². The Morgan fingerprint density at radius 2 is 2.08 bits per heavy atom. The minimum absolute atomic E-state index is 0.0988. The lowest BCUT2D eigenvalue weighted by Crippen LogP contribution is -2.41. The maximum atomic E-state index is 11.8. The minimum Gasteiger partial charge on any atom is -0.478 e. The van der Waals surface area contributed by atoms with Gasteiger partial charge in [-0.3, -0.25) is 4.79 Å². The summed E-state index contributed by atoms with van der Waals surface area (Å²) in [5.74, 6) is -1.79. The molecule has 2 rings (SSSR count). The van der Waals surface area contributed by atoms with E-state index in [4.69, 9.17) is 20.3 Å². The van der Waals surface area contributed by atoms with Crippen molar-refractivity contribution < 1.29 is 34.4 Å². The summed E-state index contributed by atoms with van der Waals surface area (Å²) in [5, 5.41) is 29.3. The molecule has 2 heterocycles. The Morgan fingerprint density at radius 3 is 2.68 bits per heavy atom. The van der Waals surface area contributed by atoms with Crippen LogP contribution in [0.3, 0.4) is 0 Å². The molecule has 1 saturated heterocycles. The van der Waals surface area contributed by atoms with E-state index >= 15 is 0 Å². The molecule has 0 unspecified atom stereocenters. The van der Waals surface area contributed by atoms with Crippen molar-refractivity contribution in [3.63, 3.8) is 0 Å². The molecule has 9 nitrogen and oxygen atoms in total. The zero-order valence-electron chi connectivity index (χ0n) is 14.1. The second kappa shape index (κ2) is 7.96. The van der Waals surface area contributed by atoms with E-state index in [1.807, 2.05) is 0 Å². The zero-order chi connectivity index (χ0) is 18.7. The number of aliphatic hydroxyl groups is 2. The lowest BCUT2D eigenvalue weighted by atomic mass is 10.1. The molecule has 25 heavy (non-hydrogen) atoms. The van der Waals surface area contributed by atoms with Crippen LogP contribution in [0.2, 0.25) is 0 Å². The number of nitrogens with zero attached hydrogens (tertiary/aromatic N) is 1. The van der Waals surface area contributed by atoms with Gasteiger partial charge < -0.3 is 35.4 Å². The number of carbonyl (C=O) groups is 2. The predicted molar refractivity (Wildman–Crippen MR) is 85.8 cm³/mol. The zero-order valence-corrected chi connectivity index (χ0v) is 14.1. The molecule has 0 aromatic rings. The monoisotopic (exact) mass is 356 g/mol. The number of carbonyl (C=O) groups excluding carboxylic acids is 1. The molecular weight excluding hydrogens is 332 g/mol. The van der Waals surface area contributed by atoms with Crippen LogP contribution in [0.4, 0.5) is 0 Å². The van der Waals surface area contributed by atoms with Gasteiger partial charge in [0, 0.05) is 18.8 Å². The van der Waals surface area contributed by atoms with Gasteiger partial charge in [0.05, 0.1) is 5.57 Å². The maximum absolute atomic E-state index is 11.8. The van der Waals surface area contributed by atoms with Crippen LogP contribution in [0.25, 0.3) is 0 Å². The molecule has 0 saturated carbocycles. The molecule has 0 aromatic carbocycles. The second-order valence-corrected chi connectivity index (χ2v) is 6.44. The lowest BCUT2D eigenvalue weighted by molar-refractivity contribution is -0.153. The predicted octanol–water partition coefficient (Wildman–Crippen LogP) is -0.852. The first-order valence-electron chi connectivity index (χ1n) is 8.04. The number of aliphatic hydroxyl groups excluding tert-OH is 2. The van der Waals surface area contributed by atoms with Crippen LogP contribution in [0.5, 0.6) is 0 Å². The van der Waals surface area contributed by atoms with E-state index in [1.165, 1.54) is 11.1 Å². The third kappa shape index (κ3) is 4.37. The molecule has 9 heteroatoms. The first-order chi connectivity index (χ1) is 11.7.